The van der Waals surface area contributed by atoms with Gasteiger partial charge in [0.1, 0.15) is 11.6 Å². The molecule has 0 aliphatic heterocycles. The van der Waals surface area contributed by atoms with Gasteiger partial charge in [-0.3, -0.25) is 0 Å². The van der Waals surface area contributed by atoms with Crippen molar-refractivity contribution in [3.05, 3.63) is 29.8 Å². The van der Waals surface area contributed by atoms with Crippen LogP contribution in [0.5, 0.6) is 0 Å². The van der Waals surface area contributed by atoms with Gasteiger partial charge in [-0.05, 0) is 12.1 Å². The lowest BCUT2D eigenvalue weighted by atomic mass is 10.3. The van der Waals surface area contributed by atoms with Crippen LogP contribution in [0.1, 0.15) is 0 Å². The van der Waals surface area contributed by atoms with Gasteiger partial charge in [-0.25, -0.2) is 8.78 Å². The summed E-state index contributed by atoms with van der Waals surface area (Å²) in [5.41, 5.74) is 0.307. The third kappa shape index (κ3) is 1.23. The molecule has 1 N–H and O–H groups in total. The Labute approximate surface area is 57.7 Å². The van der Waals surface area contributed by atoms with Crippen molar-refractivity contribution in [1.29, 1.82) is 0 Å². The molecule has 0 fully saturated rings. The second-order valence-electron chi connectivity index (χ2n) is 1.87. The van der Waals surface area contributed by atoms with Gasteiger partial charge in [-0.2, -0.15) is 0 Å². The molecule has 0 unspecified atom stereocenters. The van der Waals surface area contributed by atoms with Gasteiger partial charge in [0.15, 0.2) is 0 Å². The van der Waals surface area contributed by atoms with Crippen molar-refractivity contribution in [1.82, 2.24) is 0 Å². The molecule has 0 aromatic heterocycles. The normalized spacial score (nSPS) is 9.50. The average Bonchev–Trinajstić information content (AvgIpc) is 1.88. The largest absolute Gasteiger partial charge is 0.386 e. The number of benzene rings is 1. The highest BCUT2D eigenvalue weighted by Crippen LogP contribution is 2.13. The third-order valence-electron chi connectivity index (χ3n) is 1.20. The van der Waals surface area contributed by atoms with Crippen molar-refractivity contribution in [2.75, 3.05) is 12.4 Å². The topological polar surface area (TPSA) is 12.0 Å². The molecule has 0 radical (unpaired) electrons. The van der Waals surface area contributed by atoms with E-state index in [0.717, 1.165) is 6.07 Å². The first kappa shape index (κ1) is 6.99. The standard InChI is InChI=1S/C7H7F2N/c1-10-7-3-2-5(8)4-6(7)9/h2-4,10H,1H3. The summed E-state index contributed by atoms with van der Waals surface area (Å²) in [7, 11) is 1.58. The summed E-state index contributed by atoms with van der Waals surface area (Å²) in [6.07, 6.45) is 0. The van der Waals surface area contributed by atoms with Crippen LogP contribution in [0.4, 0.5) is 14.5 Å². The molecule has 0 amide bonds. The molecular formula is C7H7F2N. The van der Waals surface area contributed by atoms with E-state index in [1.54, 1.807) is 7.05 Å². The van der Waals surface area contributed by atoms with E-state index in [-0.39, 0.29) is 0 Å². The van der Waals surface area contributed by atoms with Crippen LogP contribution in [0.3, 0.4) is 0 Å². The molecule has 10 heavy (non-hydrogen) atoms. The van der Waals surface area contributed by atoms with Gasteiger partial charge in [0.25, 0.3) is 0 Å². The van der Waals surface area contributed by atoms with Gasteiger partial charge >= 0.3 is 0 Å². The molecule has 0 saturated heterocycles. The zero-order valence-corrected chi connectivity index (χ0v) is 5.49. The molecule has 0 aliphatic rings. The van der Waals surface area contributed by atoms with E-state index in [2.05, 4.69) is 5.32 Å². The minimum Gasteiger partial charge on any atom is -0.386 e. The molecule has 0 spiro atoms. The SMILES string of the molecule is CNc1ccc(F)cc1F. The summed E-state index contributed by atoms with van der Waals surface area (Å²) in [6, 6.07) is 3.39. The quantitative estimate of drug-likeness (QED) is 0.634. The van der Waals surface area contributed by atoms with Crippen LogP contribution in [-0.4, -0.2) is 7.05 Å². The van der Waals surface area contributed by atoms with Crippen LogP contribution in [0, 0.1) is 11.6 Å². The van der Waals surface area contributed by atoms with E-state index < -0.39 is 11.6 Å². The lowest BCUT2D eigenvalue weighted by molar-refractivity contribution is 0.585. The van der Waals surface area contributed by atoms with Crippen molar-refractivity contribution in [3.63, 3.8) is 0 Å². The van der Waals surface area contributed by atoms with Crippen LogP contribution >= 0.6 is 0 Å². The Kier molecular flexibility index (Phi) is 1.85. The molecule has 0 heterocycles. The average molecular weight is 143 g/mol. The van der Waals surface area contributed by atoms with Crippen LogP contribution in [-0.2, 0) is 0 Å². The molecule has 0 bridgehead atoms. The highest BCUT2D eigenvalue weighted by molar-refractivity contribution is 5.43. The lowest BCUT2D eigenvalue weighted by Gasteiger charge is -1.99. The van der Waals surface area contributed by atoms with Crippen LogP contribution in [0.25, 0.3) is 0 Å². The number of nitrogens with one attached hydrogen (secondary N) is 1. The van der Waals surface area contributed by atoms with Gasteiger partial charge in [-0.15, -0.1) is 0 Å². The summed E-state index contributed by atoms with van der Waals surface area (Å²) in [6.45, 7) is 0. The Morgan fingerprint density at radius 1 is 1.30 bits per heavy atom. The van der Waals surface area contributed by atoms with Gasteiger partial charge in [0.2, 0.25) is 0 Å². The molecule has 1 rings (SSSR count). The van der Waals surface area contributed by atoms with E-state index >= 15 is 0 Å². The van der Waals surface area contributed by atoms with Gasteiger partial charge < -0.3 is 5.32 Å². The van der Waals surface area contributed by atoms with Crippen LogP contribution in [0.15, 0.2) is 18.2 Å². The third-order valence-corrected chi connectivity index (χ3v) is 1.20. The molecule has 1 nitrogen and oxygen atoms in total. The number of hydrogen-bond donors (Lipinski definition) is 1. The highest BCUT2D eigenvalue weighted by atomic mass is 19.1. The van der Waals surface area contributed by atoms with Crippen molar-refractivity contribution in [2.45, 2.75) is 0 Å². The highest BCUT2D eigenvalue weighted by Gasteiger charge is 1.99. The summed E-state index contributed by atoms with van der Waals surface area (Å²) in [5.74, 6) is -1.13. The zero-order valence-electron chi connectivity index (χ0n) is 5.49. The summed E-state index contributed by atoms with van der Waals surface area (Å²) < 4.78 is 24.8. The Bertz CT molecular complexity index is 235. The smallest absolute Gasteiger partial charge is 0.149 e. The Morgan fingerprint density at radius 2 is 2.00 bits per heavy atom. The fourth-order valence-electron chi connectivity index (χ4n) is 0.692. The second-order valence-corrected chi connectivity index (χ2v) is 1.87. The maximum Gasteiger partial charge on any atom is 0.149 e. The number of anilines is 1. The van der Waals surface area contributed by atoms with Crippen LogP contribution < -0.4 is 5.32 Å². The van der Waals surface area contributed by atoms with E-state index in [0.29, 0.717) is 5.69 Å². The first-order chi connectivity index (χ1) is 4.74. The number of rotatable bonds is 1. The molecule has 1 aromatic rings. The molecule has 1 aromatic carbocycles. The van der Waals surface area contributed by atoms with E-state index in [1.165, 1.54) is 12.1 Å². The predicted octanol–water partition coefficient (Wildman–Crippen LogP) is 2.01. The predicted molar refractivity (Wildman–Crippen MR) is 35.9 cm³/mol. The Balaban J connectivity index is 3.07. The minimum absolute atomic E-state index is 0.307. The Hall–Kier alpha value is -1.12. The van der Waals surface area contributed by atoms with Gasteiger partial charge in [0, 0.05) is 13.1 Å². The second kappa shape index (κ2) is 2.64. The first-order valence-electron chi connectivity index (χ1n) is 2.87. The zero-order chi connectivity index (χ0) is 7.56. The van der Waals surface area contributed by atoms with Gasteiger partial charge in [-0.1, -0.05) is 0 Å². The molecule has 0 aliphatic carbocycles. The van der Waals surface area contributed by atoms with E-state index in [1.807, 2.05) is 0 Å². The number of hydrogen-bond acceptors (Lipinski definition) is 1. The maximum atomic E-state index is 12.5. The van der Waals surface area contributed by atoms with E-state index in [9.17, 15) is 8.78 Å². The van der Waals surface area contributed by atoms with Crippen molar-refractivity contribution in [2.24, 2.45) is 0 Å². The molecule has 3 heteroatoms. The fraction of sp³-hybridized carbons (Fsp3) is 0.143. The Morgan fingerprint density at radius 3 is 2.50 bits per heavy atom. The maximum absolute atomic E-state index is 12.5. The monoisotopic (exact) mass is 143 g/mol. The molecular weight excluding hydrogens is 136 g/mol. The summed E-state index contributed by atoms with van der Waals surface area (Å²) in [5, 5.41) is 2.58. The van der Waals surface area contributed by atoms with Crippen LogP contribution in [0.2, 0.25) is 0 Å². The number of halogens is 2. The first-order valence-corrected chi connectivity index (χ1v) is 2.87. The van der Waals surface area contributed by atoms with Crippen molar-refractivity contribution in [3.8, 4) is 0 Å². The van der Waals surface area contributed by atoms with Crippen molar-refractivity contribution >= 4 is 5.69 Å². The lowest BCUT2D eigenvalue weighted by Crippen LogP contribution is -1.92. The molecule has 0 atom stereocenters. The summed E-state index contributed by atoms with van der Waals surface area (Å²) in [4.78, 5) is 0. The molecule has 0 saturated carbocycles. The fourth-order valence-corrected chi connectivity index (χ4v) is 0.692. The van der Waals surface area contributed by atoms with Crippen molar-refractivity contribution < 1.29 is 8.78 Å². The van der Waals surface area contributed by atoms with E-state index in [4.69, 9.17) is 0 Å². The summed E-state index contributed by atoms with van der Waals surface area (Å²) >= 11 is 0. The minimum atomic E-state index is -0.567. The molecule has 54 valence electrons. The van der Waals surface area contributed by atoms with Gasteiger partial charge in [0.05, 0.1) is 5.69 Å².